The third kappa shape index (κ3) is 3.57. The van der Waals surface area contributed by atoms with E-state index in [0.717, 1.165) is 24.2 Å². The summed E-state index contributed by atoms with van der Waals surface area (Å²) in [4.78, 5) is 12.7. The molecule has 0 saturated carbocycles. The zero-order valence-corrected chi connectivity index (χ0v) is 13.5. The first-order valence-corrected chi connectivity index (χ1v) is 8.75. The van der Waals surface area contributed by atoms with E-state index in [1.807, 2.05) is 13.8 Å². The highest BCUT2D eigenvalue weighted by Crippen LogP contribution is 2.21. The van der Waals surface area contributed by atoms with E-state index >= 15 is 0 Å². The molecule has 1 aromatic rings. The summed E-state index contributed by atoms with van der Waals surface area (Å²) in [6.07, 6.45) is 1.44. The number of sulfonamides is 1. The van der Waals surface area contributed by atoms with Crippen molar-refractivity contribution in [1.29, 1.82) is 0 Å². The molecule has 1 aromatic heterocycles. The number of hydrogen-bond acceptors (Lipinski definition) is 5. The molecule has 0 atom stereocenters. The van der Waals surface area contributed by atoms with Gasteiger partial charge in [0.1, 0.15) is 0 Å². The van der Waals surface area contributed by atoms with Gasteiger partial charge >= 0.3 is 0 Å². The molecule has 0 unspecified atom stereocenters. The van der Waals surface area contributed by atoms with Crippen molar-refractivity contribution in [2.24, 2.45) is 5.73 Å². The van der Waals surface area contributed by atoms with Crippen LogP contribution >= 0.6 is 11.3 Å². The molecule has 8 heteroatoms. The smallest absolute Gasteiger partial charge is 0.261 e. The summed E-state index contributed by atoms with van der Waals surface area (Å²) >= 11 is 1.10. The molecule has 0 aliphatic carbocycles. The third-order valence-electron chi connectivity index (χ3n) is 3.50. The van der Waals surface area contributed by atoms with Gasteiger partial charge in [0.25, 0.3) is 5.91 Å². The van der Waals surface area contributed by atoms with Gasteiger partial charge in [0.2, 0.25) is 10.0 Å². The van der Waals surface area contributed by atoms with Gasteiger partial charge in [-0.1, -0.05) is 13.8 Å². The summed E-state index contributed by atoms with van der Waals surface area (Å²) < 4.78 is 25.5. The van der Waals surface area contributed by atoms with Crippen LogP contribution in [-0.4, -0.2) is 33.5 Å². The van der Waals surface area contributed by atoms with Crippen molar-refractivity contribution in [3.63, 3.8) is 0 Å². The molecule has 0 spiro atoms. The van der Waals surface area contributed by atoms with Gasteiger partial charge in [-0.05, 0) is 26.0 Å². The summed E-state index contributed by atoms with van der Waals surface area (Å²) in [5.41, 5.74) is 5.29. The van der Waals surface area contributed by atoms with Crippen LogP contribution in [0.15, 0.2) is 16.3 Å². The number of rotatable bonds is 7. The van der Waals surface area contributed by atoms with E-state index in [9.17, 15) is 13.2 Å². The Morgan fingerprint density at radius 1 is 1.40 bits per heavy atom. The van der Waals surface area contributed by atoms with E-state index in [0.29, 0.717) is 11.4 Å². The molecule has 0 saturated heterocycles. The van der Waals surface area contributed by atoms with Crippen molar-refractivity contribution in [2.45, 2.75) is 37.1 Å². The zero-order chi connectivity index (χ0) is 15.4. The minimum atomic E-state index is -3.52. The summed E-state index contributed by atoms with van der Waals surface area (Å²) in [6, 6.07) is 1.37. The monoisotopic (exact) mass is 319 g/mol. The molecule has 0 aliphatic heterocycles. The van der Waals surface area contributed by atoms with Crippen LogP contribution < -0.4 is 15.8 Å². The third-order valence-corrected chi connectivity index (χ3v) is 5.97. The lowest BCUT2D eigenvalue weighted by Crippen LogP contribution is -2.52. The first-order valence-electron chi connectivity index (χ1n) is 6.38. The zero-order valence-electron chi connectivity index (χ0n) is 11.9. The average Bonchev–Trinajstić information content (AvgIpc) is 2.95. The van der Waals surface area contributed by atoms with Crippen LogP contribution in [0.4, 0.5) is 0 Å². The maximum atomic E-state index is 12.2. The van der Waals surface area contributed by atoms with Crippen LogP contribution in [0.5, 0.6) is 0 Å². The van der Waals surface area contributed by atoms with E-state index in [2.05, 4.69) is 10.0 Å². The number of hydrogen-bond donors (Lipinski definition) is 3. The predicted molar refractivity (Wildman–Crippen MR) is 80.4 cm³/mol. The second kappa shape index (κ2) is 6.66. The second-order valence-corrected chi connectivity index (χ2v) is 7.30. The highest BCUT2D eigenvalue weighted by atomic mass is 32.2. The highest BCUT2D eigenvalue weighted by Gasteiger charge is 2.28. The van der Waals surface area contributed by atoms with E-state index in [-0.39, 0.29) is 10.8 Å². The molecule has 1 heterocycles. The number of thiophene rings is 1. The maximum absolute atomic E-state index is 12.2. The van der Waals surface area contributed by atoms with Gasteiger partial charge in [-0.25, -0.2) is 13.1 Å². The first-order chi connectivity index (χ1) is 9.34. The molecule has 0 fully saturated rings. The summed E-state index contributed by atoms with van der Waals surface area (Å²) in [6.45, 7) is 4.27. The van der Waals surface area contributed by atoms with Crippen LogP contribution in [0.1, 0.15) is 36.4 Å². The Kier molecular flexibility index (Phi) is 5.69. The lowest BCUT2D eigenvalue weighted by Gasteiger charge is -2.31. The minimum absolute atomic E-state index is 0.0986. The molecule has 6 nitrogen and oxygen atoms in total. The Balaban J connectivity index is 2.95. The quantitative estimate of drug-likeness (QED) is 0.695. The van der Waals surface area contributed by atoms with Gasteiger partial charge < -0.3 is 11.1 Å². The van der Waals surface area contributed by atoms with Gasteiger partial charge in [0, 0.05) is 11.9 Å². The van der Waals surface area contributed by atoms with Crippen LogP contribution in [0.25, 0.3) is 0 Å². The van der Waals surface area contributed by atoms with Gasteiger partial charge in [0.05, 0.1) is 15.3 Å². The lowest BCUT2D eigenvalue weighted by atomic mass is 9.93. The molecule has 0 radical (unpaired) electrons. The van der Waals surface area contributed by atoms with E-state index in [4.69, 9.17) is 5.73 Å². The Labute approximate surface area is 123 Å². The number of amides is 1. The van der Waals surface area contributed by atoms with Crippen LogP contribution in [-0.2, 0) is 10.0 Å². The van der Waals surface area contributed by atoms with Crippen molar-refractivity contribution in [3.05, 3.63) is 16.3 Å². The summed E-state index contributed by atoms with van der Waals surface area (Å²) in [5.74, 6) is -0.290. The minimum Gasteiger partial charge on any atom is -0.345 e. The largest absolute Gasteiger partial charge is 0.345 e. The number of carbonyl (C=O) groups excluding carboxylic acids is 1. The second-order valence-electron chi connectivity index (χ2n) is 4.50. The molecule has 1 amide bonds. The fraction of sp³-hybridized carbons (Fsp3) is 0.583. The average molecular weight is 319 g/mol. The van der Waals surface area contributed by atoms with E-state index < -0.39 is 15.6 Å². The van der Waals surface area contributed by atoms with E-state index in [1.165, 1.54) is 18.5 Å². The summed E-state index contributed by atoms with van der Waals surface area (Å²) in [5, 5.41) is 4.36. The Bertz CT molecular complexity index is 554. The van der Waals surface area contributed by atoms with Crippen LogP contribution in [0, 0.1) is 0 Å². The number of carbonyl (C=O) groups is 1. The standard InChI is InChI=1S/C12H21N3O3S2/c1-4-12(5-2,8-13)15-11(16)10-6-9(7-19-10)20(17,18)14-3/h6-7,14H,4-5,8,13H2,1-3H3,(H,15,16). The van der Waals surface area contributed by atoms with E-state index in [1.54, 1.807) is 0 Å². The molecule has 114 valence electrons. The van der Waals surface area contributed by atoms with Gasteiger partial charge in [-0.3, -0.25) is 4.79 Å². The molecular weight excluding hydrogens is 298 g/mol. The van der Waals surface area contributed by atoms with Crippen molar-refractivity contribution in [2.75, 3.05) is 13.6 Å². The maximum Gasteiger partial charge on any atom is 0.261 e. The van der Waals surface area contributed by atoms with Crippen molar-refractivity contribution >= 4 is 27.3 Å². The molecule has 0 aromatic carbocycles. The molecule has 1 rings (SSSR count). The predicted octanol–water partition coefficient (Wildman–Crippen LogP) is 0.904. The highest BCUT2D eigenvalue weighted by molar-refractivity contribution is 7.89. The fourth-order valence-corrected chi connectivity index (χ4v) is 3.66. The Morgan fingerprint density at radius 3 is 2.45 bits per heavy atom. The molecule has 4 N–H and O–H groups in total. The van der Waals surface area contributed by atoms with Crippen LogP contribution in [0.3, 0.4) is 0 Å². The number of nitrogens with two attached hydrogens (primary N) is 1. The van der Waals surface area contributed by atoms with Gasteiger partial charge in [-0.15, -0.1) is 11.3 Å². The lowest BCUT2D eigenvalue weighted by molar-refractivity contribution is 0.0899. The normalized spacial score (nSPS) is 12.4. The van der Waals surface area contributed by atoms with Gasteiger partial charge in [0.15, 0.2) is 0 Å². The van der Waals surface area contributed by atoms with Crippen molar-refractivity contribution in [1.82, 2.24) is 10.0 Å². The Hall–Kier alpha value is -0.960. The summed E-state index contributed by atoms with van der Waals surface area (Å²) in [7, 11) is -2.18. The first kappa shape index (κ1) is 17.1. The molecule has 20 heavy (non-hydrogen) atoms. The topological polar surface area (TPSA) is 101 Å². The Morgan fingerprint density at radius 2 is 2.00 bits per heavy atom. The van der Waals surface area contributed by atoms with Crippen molar-refractivity contribution < 1.29 is 13.2 Å². The van der Waals surface area contributed by atoms with Crippen LogP contribution in [0.2, 0.25) is 0 Å². The SMILES string of the molecule is CCC(CC)(CN)NC(=O)c1cc(S(=O)(=O)NC)cs1. The van der Waals surface area contributed by atoms with Gasteiger partial charge in [-0.2, -0.15) is 0 Å². The number of nitrogens with one attached hydrogen (secondary N) is 2. The molecule has 0 bridgehead atoms. The molecular formula is C12H21N3O3S2. The fourth-order valence-electron chi connectivity index (χ4n) is 1.77. The molecule has 0 aliphatic rings. The van der Waals surface area contributed by atoms with Crippen molar-refractivity contribution in [3.8, 4) is 0 Å².